The smallest absolute Gasteiger partial charge is 0.231 e. The largest absolute Gasteiger partial charge is 0.497 e. The molecule has 0 radical (unpaired) electrons. The topological polar surface area (TPSA) is 73.6 Å². The first kappa shape index (κ1) is 18.9. The zero-order chi connectivity index (χ0) is 19.9. The number of thioether (sulfide) groups is 1. The molecule has 5 nitrogen and oxygen atoms in total. The number of aliphatic hydroxyl groups is 1. The van der Waals surface area contributed by atoms with E-state index in [0.29, 0.717) is 26.9 Å². The number of amides is 1. The zero-order valence-electron chi connectivity index (χ0n) is 15.1. The van der Waals surface area contributed by atoms with Crippen LogP contribution in [0.5, 0.6) is 5.75 Å². The van der Waals surface area contributed by atoms with Crippen molar-refractivity contribution < 1.29 is 14.6 Å². The van der Waals surface area contributed by atoms with Gasteiger partial charge in [-0.2, -0.15) is 5.26 Å². The van der Waals surface area contributed by atoms with Gasteiger partial charge in [0.2, 0.25) is 5.91 Å². The molecule has 7 heteroatoms. The predicted octanol–water partition coefficient (Wildman–Crippen LogP) is 3.99. The third-order valence-corrected chi connectivity index (χ3v) is 6.61. The minimum atomic E-state index is -1.49. The van der Waals surface area contributed by atoms with E-state index in [1.54, 1.807) is 43.5 Å². The van der Waals surface area contributed by atoms with Gasteiger partial charge in [0.25, 0.3) is 0 Å². The second kappa shape index (κ2) is 7.17. The van der Waals surface area contributed by atoms with Gasteiger partial charge in [-0.05, 0) is 29.8 Å². The summed E-state index contributed by atoms with van der Waals surface area (Å²) in [5.74, 6) is 0.377. The number of rotatable bonds is 3. The highest BCUT2D eigenvalue weighted by molar-refractivity contribution is 8.03. The number of fused-ring (bicyclic) bond motifs is 1. The molecule has 2 aliphatic heterocycles. The van der Waals surface area contributed by atoms with Gasteiger partial charge in [-0.15, -0.1) is 11.8 Å². The molecule has 4 rings (SSSR count). The Morgan fingerprint density at radius 3 is 2.54 bits per heavy atom. The molecular formula is C21H17ClN2O3S. The van der Waals surface area contributed by atoms with Crippen molar-refractivity contribution in [2.45, 2.75) is 18.1 Å². The van der Waals surface area contributed by atoms with Crippen molar-refractivity contribution in [3.05, 3.63) is 75.3 Å². The van der Waals surface area contributed by atoms with Crippen LogP contribution in [0.3, 0.4) is 0 Å². The lowest BCUT2D eigenvalue weighted by molar-refractivity contribution is -0.149. The molecule has 2 aromatic carbocycles. The molecule has 0 spiro atoms. The minimum Gasteiger partial charge on any atom is -0.497 e. The lowest BCUT2D eigenvalue weighted by Crippen LogP contribution is -2.48. The van der Waals surface area contributed by atoms with Gasteiger partial charge in [0, 0.05) is 22.9 Å². The highest BCUT2D eigenvalue weighted by atomic mass is 35.5. The van der Waals surface area contributed by atoms with Gasteiger partial charge in [-0.25, -0.2) is 0 Å². The number of carbonyl (C=O) groups is 1. The predicted molar refractivity (Wildman–Crippen MR) is 108 cm³/mol. The van der Waals surface area contributed by atoms with E-state index < -0.39 is 5.72 Å². The Morgan fingerprint density at radius 1 is 1.25 bits per heavy atom. The molecule has 0 bridgehead atoms. The van der Waals surface area contributed by atoms with Crippen LogP contribution < -0.4 is 4.74 Å². The number of methoxy groups -OCH3 is 1. The normalized spacial score (nSPS) is 24.1. The van der Waals surface area contributed by atoms with Gasteiger partial charge < -0.3 is 9.84 Å². The molecular weight excluding hydrogens is 396 g/mol. The molecule has 2 heterocycles. The fourth-order valence-electron chi connectivity index (χ4n) is 3.68. The Hall–Kier alpha value is -2.46. The Bertz CT molecular complexity index is 998. The molecule has 1 fully saturated rings. The van der Waals surface area contributed by atoms with Gasteiger partial charge in [0.05, 0.1) is 29.5 Å². The van der Waals surface area contributed by atoms with Gasteiger partial charge in [0.1, 0.15) is 5.75 Å². The van der Waals surface area contributed by atoms with Crippen LogP contribution >= 0.6 is 23.4 Å². The van der Waals surface area contributed by atoms with Crippen LogP contribution in [-0.4, -0.2) is 28.8 Å². The summed E-state index contributed by atoms with van der Waals surface area (Å²) in [6.45, 7) is 0. The first-order chi connectivity index (χ1) is 13.5. The van der Waals surface area contributed by atoms with Crippen molar-refractivity contribution in [2.75, 3.05) is 12.9 Å². The van der Waals surface area contributed by atoms with Gasteiger partial charge >= 0.3 is 0 Å². The monoisotopic (exact) mass is 412 g/mol. The van der Waals surface area contributed by atoms with Gasteiger partial charge in [-0.1, -0.05) is 35.9 Å². The number of benzene rings is 2. The fraction of sp³-hybridized carbons (Fsp3) is 0.238. The molecule has 1 saturated heterocycles. The fourth-order valence-corrected chi connectivity index (χ4v) is 5.16. The summed E-state index contributed by atoms with van der Waals surface area (Å²) in [4.78, 5) is 14.4. The molecule has 2 atom stereocenters. The molecule has 2 aliphatic rings. The molecule has 0 unspecified atom stereocenters. The molecule has 0 saturated carbocycles. The molecule has 2 aromatic rings. The first-order valence-corrected chi connectivity index (χ1v) is 10.1. The maximum absolute atomic E-state index is 13.1. The Morgan fingerprint density at radius 2 is 1.93 bits per heavy atom. The van der Waals surface area contributed by atoms with E-state index in [1.165, 1.54) is 16.7 Å². The average Bonchev–Trinajstić information content (AvgIpc) is 3.08. The van der Waals surface area contributed by atoms with Gasteiger partial charge in [0.15, 0.2) is 5.72 Å². The standard InChI is InChI=1S/C21H17ClN2O3S/c1-27-16-8-4-14(5-9-16)21(26)12-28-20-18(11-23)17(10-19(25)24(20)21)13-2-6-15(22)7-3-13/h2-9,17,26H,10,12H2,1H3/t17-,21-/m0/s1. The summed E-state index contributed by atoms with van der Waals surface area (Å²) in [5.41, 5.74) is 0.459. The van der Waals surface area contributed by atoms with Crippen LogP contribution in [0.1, 0.15) is 23.5 Å². The number of hydrogen-bond donors (Lipinski definition) is 1. The lowest BCUT2D eigenvalue weighted by atomic mass is 9.85. The van der Waals surface area contributed by atoms with E-state index in [1.807, 2.05) is 12.1 Å². The van der Waals surface area contributed by atoms with Crippen LogP contribution in [0.4, 0.5) is 0 Å². The maximum atomic E-state index is 13.1. The molecule has 1 amide bonds. The van der Waals surface area contributed by atoms with Crippen molar-refractivity contribution in [3.8, 4) is 11.8 Å². The van der Waals surface area contributed by atoms with E-state index in [0.717, 1.165) is 5.56 Å². The first-order valence-electron chi connectivity index (χ1n) is 8.70. The third kappa shape index (κ3) is 2.96. The highest BCUT2D eigenvalue weighted by Crippen LogP contribution is 2.51. The van der Waals surface area contributed by atoms with E-state index in [2.05, 4.69) is 6.07 Å². The second-order valence-corrected chi connectivity index (χ2v) is 8.10. The molecule has 28 heavy (non-hydrogen) atoms. The van der Waals surface area contributed by atoms with Gasteiger partial charge in [-0.3, -0.25) is 9.69 Å². The van der Waals surface area contributed by atoms with Crippen LogP contribution in [0.2, 0.25) is 5.02 Å². The Labute approximate surface area is 172 Å². The van der Waals surface area contributed by atoms with Crippen LogP contribution in [0.25, 0.3) is 0 Å². The second-order valence-electron chi connectivity index (χ2n) is 6.70. The summed E-state index contributed by atoms with van der Waals surface area (Å²) in [5, 5.41) is 22.3. The summed E-state index contributed by atoms with van der Waals surface area (Å²) in [6, 6.07) is 16.4. The van der Waals surface area contributed by atoms with Crippen molar-refractivity contribution in [1.29, 1.82) is 5.26 Å². The molecule has 1 N–H and O–H groups in total. The van der Waals surface area contributed by atoms with E-state index in [9.17, 15) is 15.2 Å². The lowest BCUT2D eigenvalue weighted by Gasteiger charge is -2.38. The van der Waals surface area contributed by atoms with E-state index >= 15 is 0 Å². The number of nitrogens with zero attached hydrogens (tertiary/aromatic N) is 2. The SMILES string of the molecule is COc1ccc([C@@]2(O)CSC3=C(C#N)[C@H](c4ccc(Cl)cc4)CC(=O)N32)cc1. The number of hydrogen-bond acceptors (Lipinski definition) is 5. The summed E-state index contributed by atoms with van der Waals surface area (Å²) in [6.07, 6.45) is 0.118. The summed E-state index contributed by atoms with van der Waals surface area (Å²) in [7, 11) is 1.57. The maximum Gasteiger partial charge on any atom is 0.231 e. The molecule has 142 valence electrons. The van der Waals surface area contributed by atoms with Crippen molar-refractivity contribution in [2.24, 2.45) is 0 Å². The van der Waals surface area contributed by atoms with Crippen LogP contribution in [0, 0.1) is 11.3 Å². The number of carbonyl (C=O) groups excluding carboxylic acids is 1. The molecule has 0 aromatic heterocycles. The Kier molecular flexibility index (Phi) is 4.84. The molecule has 0 aliphatic carbocycles. The van der Waals surface area contributed by atoms with Crippen LogP contribution in [0.15, 0.2) is 59.1 Å². The number of nitriles is 1. The highest BCUT2D eigenvalue weighted by Gasteiger charge is 2.51. The van der Waals surface area contributed by atoms with Crippen molar-refractivity contribution in [3.63, 3.8) is 0 Å². The number of halogens is 1. The van der Waals surface area contributed by atoms with E-state index in [-0.39, 0.29) is 24.0 Å². The minimum absolute atomic E-state index is 0.118. The third-order valence-electron chi connectivity index (χ3n) is 5.14. The average molecular weight is 413 g/mol. The van der Waals surface area contributed by atoms with Crippen molar-refractivity contribution in [1.82, 2.24) is 4.90 Å². The Balaban J connectivity index is 1.77. The van der Waals surface area contributed by atoms with E-state index in [4.69, 9.17) is 16.3 Å². The summed E-state index contributed by atoms with van der Waals surface area (Å²) < 4.78 is 5.17. The number of ether oxygens (including phenoxy) is 1. The quantitative estimate of drug-likeness (QED) is 0.825. The summed E-state index contributed by atoms with van der Waals surface area (Å²) >= 11 is 7.30. The van der Waals surface area contributed by atoms with Crippen molar-refractivity contribution >= 4 is 29.3 Å². The number of allylic oxidation sites excluding steroid dienone is 1. The zero-order valence-corrected chi connectivity index (χ0v) is 16.6. The van der Waals surface area contributed by atoms with Crippen LogP contribution in [-0.2, 0) is 10.5 Å².